The van der Waals surface area contributed by atoms with Gasteiger partial charge in [0.25, 0.3) is 5.91 Å². The van der Waals surface area contributed by atoms with Crippen molar-refractivity contribution in [1.82, 2.24) is 10.2 Å². The molecule has 1 unspecified atom stereocenters. The van der Waals surface area contributed by atoms with Gasteiger partial charge >= 0.3 is 0 Å². The molecule has 0 aliphatic carbocycles. The molecule has 30 heavy (non-hydrogen) atoms. The average molecular weight is 431 g/mol. The number of hydrogen-bond donors (Lipinski definition) is 1. The number of hydrogen-bond acceptors (Lipinski definition) is 5. The van der Waals surface area contributed by atoms with Gasteiger partial charge in [-0.15, -0.1) is 11.3 Å². The van der Waals surface area contributed by atoms with E-state index < -0.39 is 0 Å². The molecule has 1 aromatic heterocycles. The molecule has 2 amide bonds. The van der Waals surface area contributed by atoms with Crippen molar-refractivity contribution in [2.75, 3.05) is 26.8 Å². The predicted molar refractivity (Wildman–Crippen MR) is 118 cm³/mol. The highest BCUT2D eigenvalue weighted by Crippen LogP contribution is 2.28. The minimum atomic E-state index is -0.179. The number of carbonyl (C=O) groups excluding carboxylic acids is 2. The Kier molecular flexibility index (Phi) is 8.13. The van der Waals surface area contributed by atoms with Crippen LogP contribution in [0.4, 0.5) is 0 Å². The smallest absolute Gasteiger partial charge is 0.263 e. The van der Waals surface area contributed by atoms with Gasteiger partial charge in [-0.3, -0.25) is 9.59 Å². The first-order valence-electron chi connectivity index (χ1n) is 10.5. The second-order valence-corrected chi connectivity index (χ2v) is 8.42. The van der Waals surface area contributed by atoms with Gasteiger partial charge in [-0.2, -0.15) is 0 Å². The molecule has 1 saturated heterocycles. The molecule has 6 nitrogen and oxygen atoms in total. The summed E-state index contributed by atoms with van der Waals surface area (Å²) in [5.74, 6) is 1.22. The number of methoxy groups -OCH3 is 1. The normalized spacial score (nSPS) is 16.2. The van der Waals surface area contributed by atoms with Gasteiger partial charge < -0.3 is 19.7 Å². The molecular weight excluding hydrogens is 400 g/mol. The summed E-state index contributed by atoms with van der Waals surface area (Å²) in [6.45, 7) is 4.37. The Balaban J connectivity index is 1.54. The van der Waals surface area contributed by atoms with Gasteiger partial charge in [0, 0.05) is 19.6 Å². The van der Waals surface area contributed by atoms with E-state index in [1.54, 1.807) is 12.0 Å². The van der Waals surface area contributed by atoms with Crippen molar-refractivity contribution in [2.45, 2.75) is 39.2 Å². The molecule has 0 radical (unpaired) electrons. The van der Waals surface area contributed by atoms with E-state index in [9.17, 15) is 9.59 Å². The highest BCUT2D eigenvalue weighted by Gasteiger charge is 2.29. The fourth-order valence-electron chi connectivity index (χ4n) is 3.53. The van der Waals surface area contributed by atoms with E-state index in [4.69, 9.17) is 9.47 Å². The van der Waals surface area contributed by atoms with Crippen molar-refractivity contribution < 1.29 is 19.1 Å². The van der Waals surface area contributed by atoms with Gasteiger partial charge in [0.15, 0.2) is 11.5 Å². The lowest BCUT2D eigenvalue weighted by atomic mass is 9.97. The van der Waals surface area contributed by atoms with Crippen LogP contribution in [0.5, 0.6) is 11.5 Å². The number of benzene rings is 1. The zero-order chi connectivity index (χ0) is 21.3. The number of unbranched alkanes of at least 4 members (excludes halogenated alkanes) is 1. The molecule has 1 N–H and O–H groups in total. The molecule has 2 heterocycles. The highest BCUT2D eigenvalue weighted by molar-refractivity contribution is 7.12. The Morgan fingerprint density at radius 1 is 1.27 bits per heavy atom. The third-order valence-electron chi connectivity index (χ3n) is 5.26. The first-order valence-corrected chi connectivity index (χ1v) is 11.4. The van der Waals surface area contributed by atoms with Crippen LogP contribution in [-0.2, 0) is 11.3 Å². The van der Waals surface area contributed by atoms with Crippen molar-refractivity contribution in [2.24, 2.45) is 5.92 Å². The molecule has 0 bridgehead atoms. The standard InChI is InChI=1S/C23H30N2O4S/c1-3-4-12-29-19-10-9-17(14-20(19)28-2)15-24-22(26)18-7-5-11-25(16-18)23(27)21-8-6-13-30-21/h6,8-10,13-14,18H,3-5,7,11-12,15-16H2,1-2H3,(H,24,26). The third kappa shape index (κ3) is 5.75. The number of nitrogens with zero attached hydrogens (tertiary/aromatic N) is 1. The van der Waals surface area contributed by atoms with Gasteiger partial charge in [0.2, 0.25) is 5.91 Å². The van der Waals surface area contributed by atoms with Crippen LogP contribution in [0.2, 0.25) is 0 Å². The number of likely N-dealkylation sites (tertiary alicyclic amines) is 1. The first-order chi connectivity index (χ1) is 14.6. The molecule has 0 spiro atoms. The van der Waals surface area contributed by atoms with Crippen LogP contribution in [0.3, 0.4) is 0 Å². The Labute approximate surface area is 182 Å². The van der Waals surface area contributed by atoms with Crippen LogP contribution >= 0.6 is 11.3 Å². The minimum absolute atomic E-state index is 0.0130. The lowest BCUT2D eigenvalue weighted by Gasteiger charge is -2.31. The number of ether oxygens (including phenoxy) is 2. The van der Waals surface area contributed by atoms with Crippen molar-refractivity contribution in [3.05, 3.63) is 46.2 Å². The summed E-state index contributed by atoms with van der Waals surface area (Å²) in [5.41, 5.74) is 0.949. The Morgan fingerprint density at radius 2 is 2.13 bits per heavy atom. The quantitative estimate of drug-likeness (QED) is 0.608. The third-order valence-corrected chi connectivity index (χ3v) is 6.12. The molecule has 7 heteroatoms. The zero-order valence-corrected chi connectivity index (χ0v) is 18.5. The van der Waals surface area contributed by atoms with E-state index >= 15 is 0 Å². The van der Waals surface area contributed by atoms with Crippen LogP contribution in [0.1, 0.15) is 47.8 Å². The van der Waals surface area contributed by atoms with Gasteiger partial charge in [-0.25, -0.2) is 0 Å². The maximum atomic E-state index is 12.7. The lowest BCUT2D eigenvalue weighted by Crippen LogP contribution is -2.45. The van der Waals surface area contributed by atoms with Crippen LogP contribution in [0.25, 0.3) is 0 Å². The SMILES string of the molecule is CCCCOc1ccc(CNC(=O)C2CCCN(C(=O)c3cccs3)C2)cc1OC. The Morgan fingerprint density at radius 3 is 2.87 bits per heavy atom. The van der Waals surface area contributed by atoms with E-state index in [1.807, 2.05) is 35.7 Å². The minimum Gasteiger partial charge on any atom is -0.493 e. The number of rotatable bonds is 9. The summed E-state index contributed by atoms with van der Waals surface area (Å²) in [5, 5.41) is 4.91. The van der Waals surface area contributed by atoms with Crippen molar-refractivity contribution in [3.8, 4) is 11.5 Å². The van der Waals surface area contributed by atoms with Gasteiger partial charge in [0.05, 0.1) is 24.5 Å². The second kappa shape index (κ2) is 11.0. The number of nitrogens with one attached hydrogen (secondary N) is 1. The molecule has 2 aromatic rings. The maximum Gasteiger partial charge on any atom is 0.263 e. The zero-order valence-electron chi connectivity index (χ0n) is 17.7. The molecular formula is C23H30N2O4S. The van der Waals surface area contributed by atoms with Gasteiger partial charge in [-0.1, -0.05) is 25.5 Å². The van der Waals surface area contributed by atoms with Crippen LogP contribution in [0.15, 0.2) is 35.7 Å². The second-order valence-electron chi connectivity index (χ2n) is 7.47. The molecule has 1 aliphatic heterocycles. The van der Waals surface area contributed by atoms with Crippen LogP contribution in [-0.4, -0.2) is 43.5 Å². The monoisotopic (exact) mass is 430 g/mol. The molecule has 0 saturated carbocycles. The molecule has 1 aromatic carbocycles. The summed E-state index contributed by atoms with van der Waals surface area (Å²) in [6, 6.07) is 9.44. The van der Waals surface area contributed by atoms with E-state index in [0.29, 0.717) is 32.0 Å². The predicted octanol–water partition coefficient (Wildman–Crippen LogP) is 4.10. The number of amides is 2. The van der Waals surface area contributed by atoms with E-state index in [0.717, 1.165) is 41.9 Å². The molecule has 162 valence electrons. The molecule has 1 fully saturated rings. The summed E-state index contributed by atoms with van der Waals surface area (Å²) in [7, 11) is 1.62. The fourth-order valence-corrected chi connectivity index (χ4v) is 4.22. The summed E-state index contributed by atoms with van der Waals surface area (Å²) >= 11 is 1.44. The Bertz CT molecular complexity index is 838. The summed E-state index contributed by atoms with van der Waals surface area (Å²) in [4.78, 5) is 27.8. The van der Waals surface area contributed by atoms with Crippen molar-refractivity contribution in [3.63, 3.8) is 0 Å². The largest absolute Gasteiger partial charge is 0.493 e. The number of thiophene rings is 1. The van der Waals surface area contributed by atoms with Crippen molar-refractivity contribution >= 4 is 23.2 Å². The molecule has 1 aliphatic rings. The topological polar surface area (TPSA) is 67.9 Å². The van der Waals surface area contributed by atoms with E-state index in [2.05, 4.69) is 12.2 Å². The van der Waals surface area contributed by atoms with Crippen LogP contribution < -0.4 is 14.8 Å². The summed E-state index contributed by atoms with van der Waals surface area (Å²) in [6.07, 6.45) is 3.71. The highest BCUT2D eigenvalue weighted by atomic mass is 32.1. The number of piperidine rings is 1. The van der Waals surface area contributed by atoms with Gasteiger partial charge in [-0.05, 0) is 48.4 Å². The fraction of sp³-hybridized carbons (Fsp3) is 0.478. The molecule has 1 atom stereocenters. The maximum absolute atomic E-state index is 12.7. The lowest BCUT2D eigenvalue weighted by molar-refractivity contribution is -0.126. The van der Waals surface area contributed by atoms with E-state index in [-0.39, 0.29) is 17.7 Å². The van der Waals surface area contributed by atoms with Crippen molar-refractivity contribution in [1.29, 1.82) is 0 Å². The van der Waals surface area contributed by atoms with Gasteiger partial charge in [0.1, 0.15) is 0 Å². The Hall–Kier alpha value is -2.54. The average Bonchev–Trinajstić information content (AvgIpc) is 3.32. The first kappa shape index (κ1) is 22.2. The molecule has 3 rings (SSSR count). The van der Waals surface area contributed by atoms with Crippen LogP contribution in [0, 0.1) is 5.92 Å². The number of carbonyl (C=O) groups is 2. The summed E-state index contributed by atoms with van der Waals surface area (Å²) < 4.78 is 11.2. The van der Waals surface area contributed by atoms with E-state index in [1.165, 1.54) is 11.3 Å².